The van der Waals surface area contributed by atoms with E-state index in [9.17, 15) is 14.3 Å². The quantitative estimate of drug-likeness (QED) is 0.775. The van der Waals surface area contributed by atoms with Crippen molar-refractivity contribution in [1.82, 2.24) is 5.32 Å². The molecule has 0 aromatic heterocycles. The van der Waals surface area contributed by atoms with Gasteiger partial charge in [0.1, 0.15) is 12.4 Å². The third-order valence-corrected chi connectivity index (χ3v) is 3.31. The molecule has 3 atom stereocenters. The molecule has 0 spiro atoms. The fourth-order valence-electron chi connectivity index (χ4n) is 1.87. The monoisotopic (exact) mass is 297 g/mol. The first-order valence-corrected chi connectivity index (χ1v) is 7.26. The summed E-state index contributed by atoms with van der Waals surface area (Å²) in [5.41, 5.74) is 0.633. The topological polar surface area (TPSA) is 58.6 Å². The molecule has 1 aromatic carbocycles. The summed E-state index contributed by atoms with van der Waals surface area (Å²) in [4.78, 5) is 11.7. The first-order valence-electron chi connectivity index (χ1n) is 7.26. The second-order valence-corrected chi connectivity index (χ2v) is 5.30. The fourth-order valence-corrected chi connectivity index (χ4v) is 1.87. The van der Waals surface area contributed by atoms with Crippen LogP contribution in [0.25, 0.3) is 0 Å². The van der Waals surface area contributed by atoms with Crippen LogP contribution in [0.1, 0.15) is 45.3 Å². The molecule has 0 fully saturated rings. The lowest BCUT2D eigenvalue weighted by Crippen LogP contribution is -2.37. The van der Waals surface area contributed by atoms with Crippen LogP contribution in [0.4, 0.5) is 4.39 Å². The maximum atomic E-state index is 12.8. The molecule has 0 aliphatic rings. The van der Waals surface area contributed by atoms with Crippen LogP contribution in [0.15, 0.2) is 24.3 Å². The van der Waals surface area contributed by atoms with E-state index >= 15 is 0 Å². The number of amides is 1. The number of rotatable bonds is 8. The van der Waals surface area contributed by atoms with E-state index in [1.807, 2.05) is 20.8 Å². The molecular formula is C16H24FNO3. The van der Waals surface area contributed by atoms with E-state index in [0.717, 1.165) is 6.42 Å². The minimum absolute atomic E-state index is 0.0198. The third-order valence-electron chi connectivity index (χ3n) is 3.31. The third kappa shape index (κ3) is 6.69. The SMILES string of the molecule is CCC(C)OCC(=O)NC(C)CC(O)c1ccc(F)cc1. The first-order chi connectivity index (χ1) is 9.92. The van der Waals surface area contributed by atoms with E-state index < -0.39 is 6.10 Å². The Bertz CT molecular complexity index is 436. The van der Waals surface area contributed by atoms with Gasteiger partial charge in [0.05, 0.1) is 12.2 Å². The van der Waals surface area contributed by atoms with Gasteiger partial charge in [0.15, 0.2) is 0 Å². The van der Waals surface area contributed by atoms with Crippen LogP contribution in [0.2, 0.25) is 0 Å². The van der Waals surface area contributed by atoms with Crippen LogP contribution in [0.3, 0.4) is 0 Å². The van der Waals surface area contributed by atoms with Crippen molar-refractivity contribution in [1.29, 1.82) is 0 Å². The summed E-state index contributed by atoms with van der Waals surface area (Å²) in [5.74, 6) is -0.538. The van der Waals surface area contributed by atoms with Crippen molar-refractivity contribution in [3.63, 3.8) is 0 Å². The van der Waals surface area contributed by atoms with Crippen LogP contribution >= 0.6 is 0 Å². The van der Waals surface area contributed by atoms with E-state index in [0.29, 0.717) is 12.0 Å². The molecule has 0 saturated heterocycles. The predicted molar refractivity (Wildman–Crippen MR) is 79.3 cm³/mol. The van der Waals surface area contributed by atoms with Crippen LogP contribution in [-0.2, 0) is 9.53 Å². The molecule has 0 aliphatic heterocycles. The zero-order valence-corrected chi connectivity index (χ0v) is 12.8. The zero-order valence-electron chi connectivity index (χ0n) is 12.8. The normalized spacial score (nSPS) is 15.3. The maximum absolute atomic E-state index is 12.8. The van der Waals surface area contributed by atoms with Gasteiger partial charge in [-0.1, -0.05) is 19.1 Å². The molecule has 0 aliphatic carbocycles. The Morgan fingerprint density at radius 3 is 2.52 bits per heavy atom. The standard InChI is InChI=1S/C16H24FNO3/c1-4-12(3)21-10-16(20)18-11(2)9-15(19)13-5-7-14(17)8-6-13/h5-8,11-12,15,19H,4,9-10H2,1-3H3,(H,18,20). The highest BCUT2D eigenvalue weighted by atomic mass is 19.1. The number of ether oxygens (including phenoxy) is 1. The number of aliphatic hydroxyl groups is 1. The molecule has 0 saturated carbocycles. The van der Waals surface area contributed by atoms with Gasteiger partial charge in [-0.3, -0.25) is 4.79 Å². The van der Waals surface area contributed by atoms with Crippen molar-refractivity contribution >= 4 is 5.91 Å². The van der Waals surface area contributed by atoms with Crippen molar-refractivity contribution in [2.24, 2.45) is 0 Å². The predicted octanol–water partition coefficient (Wildman–Crippen LogP) is 2.57. The minimum Gasteiger partial charge on any atom is -0.388 e. The molecule has 2 N–H and O–H groups in total. The smallest absolute Gasteiger partial charge is 0.246 e. The summed E-state index contributed by atoms with van der Waals surface area (Å²) in [6.45, 7) is 5.74. The fraction of sp³-hybridized carbons (Fsp3) is 0.562. The van der Waals surface area contributed by atoms with Gasteiger partial charge in [-0.15, -0.1) is 0 Å². The van der Waals surface area contributed by atoms with E-state index in [1.54, 1.807) is 12.1 Å². The molecule has 0 radical (unpaired) electrons. The van der Waals surface area contributed by atoms with Crippen molar-refractivity contribution in [3.8, 4) is 0 Å². The highest BCUT2D eigenvalue weighted by Crippen LogP contribution is 2.18. The number of aliphatic hydroxyl groups excluding tert-OH is 1. The Morgan fingerprint density at radius 1 is 1.33 bits per heavy atom. The average molecular weight is 297 g/mol. The van der Waals surface area contributed by atoms with Crippen LogP contribution in [0.5, 0.6) is 0 Å². The lowest BCUT2D eigenvalue weighted by molar-refractivity contribution is -0.128. The van der Waals surface area contributed by atoms with E-state index in [1.165, 1.54) is 12.1 Å². The zero-order chi connectivity index (χ0) is 15.8. The molecule has 0 bridgehead atoms. The first kappa shape index (κ1) is 17.6. The maximum Gasteiger partial charge on any atom is 0.246 e. The highest BCUT2D eigenvalue weighted by molar-refractivity contribution is 5.77. The van der Waals surface area contributed by atoms with Gasteiger partial charge in [-0.2, -0.15) is 0 Å². The second kappa shape index (κ2) is 8.74. The highest BCUT2D eigenvalue weighted by Gasteiger charge is 2.15. The Morgan fingerprint density at radius 2 is 1.95 bits per heavy atom. The number of hydrogen-bond acceptors (Lipinski definition) is 3. The lowest BCUT2D eigenvalue weighted by atomic mass is 10.0. The minimum atomic E-state index is -0.739. The molecule has 1 amide bonds. The van der Waals surface area contributed by atoms with Gasteiger partial charge in [-0.05, 0) is 44.4 Å². The average Bonchev–Trinajstić information content (AvgIpc) is 2.45. The Labute approximate surface area is 125 Å². The van der Waals surface area contributed by atoms with E-state index in [-0.39, 0.29) is 30.5 Å². The summed E-state index contributed by atoms with van der Waals surface area (Å²) < 4.78 is 18.2. The van der Waals surface area contributed by atoms with Gasteiger partial charge in [0.25, 0.3) is 0 Å². The number of nitrogens with one attached hydrogen (secondary N) is 1. The molecule has 0 heterocycles. The molecule has 118 valence electrons. The number of benzene rings is 1. The number of carbonyl (C=O) groups excluding carboxylic acids is 1. The number of halogens is 1. The molecule has 5 heteroatoms. The largest absolute Gasteiger partial charge is 0.388 e. The summed E-state index contributed by atoms with van der Waals surface area (Å²) in [7, 11) is 0. The second-order valence-electron chi connectivity index (χ2n) is 5.30. The van der Waals surface area contributed by atoms with Gasteiger partial charge < -0.3 is 15.2 Å². The molecule has 21 heavy (non-hydrogen) atoms. The summed E-state index contributed by atoms with van der Waals surface area (Å²) in [6, 6.07) is 5.50. The summed E-state index contributed by atoms with van der Waals surface area (Å²) >= 11 is 0. The van der Waals surface area contributed by atoms with Gasteiger partial charge in [-0.25, -0.2) is 4.39 Å². The van der Waals surface area contributed by atoms with Crippen molar-refractivity contribution in [2.75, 3.05) is 6.61 Å². The number of carbonyl (C=O) groups is 1. The molecular weight excluding hydrogens is 273 g/mol. The van der Waals surface area contributed by atoms with Gasteiger partial charge >= 0.3 is 0 Å². The van der Waals surface area contributed by atoms with Crippen molar-refractivity contribution in [3.05, 3.63) is 35.6 Å². The van der Waals surface area contributed by atoms with Crippen LogP contribution in [0, 0.1) is 5.82 Å². The molecule has 1 rings (SSSR count). The van der Waals surface area contributed by atoms with E-state index in [2.05, 4.69) is 5.32 Å². The van der Waals surface area contributed by atoms with Gasteiger partial charge in [0.2, 0.25) is 5.91 Å². The number of hydrogen-bond donors (Lipinski definition) is 2. The Kier molecular flexibility index (Phi) is 7.32. The lowest BCUT2D eigenvalue weighted by Gasteiger charge is -2.19. The van der Waals surface area contributed by atoms with E-state index in [4.69, 9.17) is 4.74 Å². The summed E-state index contributed by atoms with van der Waals surface area (Å²) in [6.07, 6.45) is 0.527. The molecule has 1 aromatic rings. The van der Waals surface area contributed by atoms with Crippen molar-refractivity contribution < 1.29 is 19.0 Å². The van der Waals surface area contributed by atoms with Crippen LogP contribution in [-0.4, -0.2) is 29.8 Å². The van der Waals surface area contributed by atoms with Gasteiger partial charge in [0, 0.05) is 6.04 Å². The molecule has 3 unspecified atom stereocenters. The summed E-state index contributed by atoms with van der Waals surface area (Å²) in [5, 5.41) is 12.8. The Hall–Kier alpha value is -1.46. The van der Waals surface area contributed by atoms with Crippen molar-refractivity contribution in [2.45, 2.75) is 51.9 Å². The molecule has 4 nitrogen and oxygen atoms in total. The van der Waals surface area contributed by atoms with Crippen LogP contribution < -0.4 is 5.32 Å². The Balaban J connectivity index is 2.37.